The molecule has 61 heavy (non-hydrogen) atoms. The van der Waals surface area contributed by atoms with Crippen LogP contribution in [0.4, 0.5) is 0 Å². The molecule has 0 radical (unpaired) electrons. The van der Waals surface area contributed by atoms with E-state index in [0.29, 0.717) is 41.4 Å². The summed E-state index contributed by atoms with van der Waals surface area (Å²) in [4.78, 5) is 0. The Bertz CT molecular complexity index is 1530. The normalized spacial score (nSPS) is 59.7. The molecule has 16 nitrogen and oxygen atoms in total. The molecule has 5 saturated heterocycles. The van der Waals surface area contributed by atoms with Crippen LogP contribution in [0, 0.1) is 52.3 Å². The van der Waals surface area contributed by atoms with E-state index in [1.54, 1.807) is 0 Å². The molecule has 4 aliphatic carbocycles. The highest BCUT2D eigenvalue weighted by Crippen LogP contribution is 2.71. The van der Waals surface area contributed by atoms with Crippen LogP contribution in [0.15, 0.2) is 0 Å². The Morgan fingerprint density at radius 1 is 0.590 bits per heavy atom. The largest absolute Gasteiger partial charge is 0.394 e. The van der Waals surface area contributed by atoms with Gasteiger partial charge < -0.3 is 78.7 Å². The molecule has 0 aromatic heterocycles. The third kappa shape index (κ3) is 7.50. The van der Waals surface area contributed by atoms with Crippen molar-refractivity contribution in [2.45, 2.75) is 216 Å². The van der Waals surface area contributed by atoms with Gasteiger partial charge in [-0.25, -0.2) is 0 Å². The topological polar surface area (TPSA) is 236 Å². The second kappa shape index (κ2) is 16.9. The van der Waals surface area contributed by atoms with Crippen molar-refractivity contribution in [1.29, 1.82) is 0 Å². The Balaban J connectivity index is 0.897. The van der Waals surface area contributed by atoms with Gasteiger partial charge in [0.05, 0.1) is 37.6 Å². The zero-order chi connectivity index (χ0) is 43.5. The number of aliphatic hydroxyl groups is 8. The second-order valence-electron chi connectivity index (χ2n) is 21.5. The van der Waals surface area contributed by atoms with E-state index in [9.17, 15) is 40.9 Å². The Labute approximate surface area is 359 Å². The molecule has 350 valence electrons. The molecule has 0 bridgehead atoms. The van der Waals surface area contributed by atoms with Crippen LogP contribution in [0.25, 0.3) is 0 Å². The lowest BCUT2D eigenvalue weighted by atomic mass is 9.44. The minimum atomic E-state index is -1.70. The van der Waals surface area contributed by atoms with E-state index in [4.69, 9.17) is 37.9 Å². The maximum Gasteiger partial charge on any atom is 0.187 e. The van der Waals surface area contributed by atoms with Crippen molar-refractivity contribution in [2.24, 2.45) is 52.3 Å². The summed E-state index contributed by atoms with van der Waals surface area (Å²) in [7, 11) is 0. The predicted molar refractivity (Wildman–Crippen MR) is 213 cm³/mol. The monoisotopic (exact) mass is 870 g/mol. The lowest BCUT2D eigenvalue weighted by Gasteiger charge is -2.61. The van der Waals surface area contributed by atoms with Crippen LogP contribution in [0.1, 0.15) is 106 Å². The molecule has 9 aliphatic rings. The molecule has 27 atom stereocenters. The molecule has 9 fully saturated rings. The van der Waals surface area contributed by atoms with Gasteiger partial charge in [-0.2, -0.15) is 0 Å². The summed E-state index contributed by atoms with van der Waals surface area (Å²) < 4.78 is 50.3. The van der Waals surface area contributed by atoms with Gasteiger partial charge in [0, 0.05) is 12.3 Å². The van der Waals surface area contributed by atoms with Crippen LogP contribution in [0.2, 0.25) is 0 Å². The first kappa shape index (κ1) is 45.5. The van der Waals surface area contributed by atoms with Gasteiger partial charge in [0.2, 0.25) is 0 Å². The highest BCUT2D eigenvalue weighted by atomic mass is 16.8. The summed E-state index contributed by atoms with van der Waals surface area (Å²) in [6.07, 6.45) is -11.0. The first-order valence-electron chi connectivity index (χ1n) is 23.5. The molecule has 0 aromatic carbocycles. The quantitative estimate of drug-likeness (QED) is 0.169. The molecule has 16 heteroatoms. The molecule has 5 aliphatic heterocycles. The van der Waals surface area contributed by atoms with E-state index in [0.717, 1.165) is 58.0 Å². The summed E-state index contributed by atoms with van der Waals surface area (Å²) in [5.74, 6) is 3.27. The molecule has 1 spiro atoms. The maximum absolute atomic E-state index is 12.0. The highest BCUT2D eigenvalue weighted by Gasteiger charge is 2.69. The Kier molecular flexibility index (Phi) is 12.6. The van der Waals surface area contributed by atoms with Crippen molar-refractivity contribution >= 4 is 0 Å². The fraction of sp³-hybridized carbons (Fsp3) is 1.00. The van der Waals surface area contributed by atoms with Crippen LogP contribution in [-0.2, 0) is 37.9 Å². The zero-order valence-electron chi connectivity index (χ0n) is 36.7. The summed E-state index contributed by atoms with van der Waals surface area (Å²) in [5.41, 5.74) is 0.350. The van der Waals surface area contributed by atoms with Crippen LogP contribution < -0.4 is 0 Å². The lowest BCUT2D eigenvalue weighted by molar-refractivity contribution is -0.389. The molecule has 8 N–H and O–H groups in total. The van der Waals surface area contributed by atoms with Crippen LogP contribution >= 0.6 is 0 Å². The average molecular weight is 871 g/mol. The molecule has 9 rings (SSSR count). The number of ether oxygens (including phenoxy) is 8. The summed E-state index contributed by atoms with van der Waals surface area (Å²) in [6.45, 7) is 12.9. The molecular formula is C45H74O16. The average Bonchev–Trinajstić information content (AvgIpc) is 3.69. The van der Waals surface area contributed by atoms with Gasteiger partial charge >= 0.3 is 0 Å². The Morgan fingerprint density at radius 3 is 1.85 bits per heavy atom. The van der Waals surface area contributed by atoms with Crippen LogP contribution in [0.3, 0.4) is 0 Å². The van der Waals surface area contributed by atoms with Gasteiger partial charge in [-0.1, -0.05) is 27.7 Å². The Hall–Kier alpha value is -0.640. The van der Waals surface area contributed by atoms with Gasteiger partial charge in [-0.05, 0) is 118 Å². The highest BCUT2D eigenvalue weighted by molar-refractivity contribution is 5.15. The van der Waals surface area contributed by atoms with E-state index in [1.807, 2.05) is 0 Å². The number of hydrogen-bond acceptors (Lipinski definition) is 16. The first-order chi connectivity index (χ1) is 28.9. The third-order valence-electron chi connectivity index (χ3n) is 18.2. The lowest BCUT2D eigenvalue weighted by Crippen LogP contribution is -2.66. The third-order valence-corrected chi connectivity index (χ3v) is 18.2. The van der Waals surface area contributed by atoms with Crippen LogP contribution in [0.5, 0.6) is 0 Å². The van der Waals surface area contributed by atoms with E-state index < -0.39 is 105 Å². The van der Waals surface area contributed by atoms with Gasteiger partial charge in [-0.3, -0.25) is 0 Å². The summed E-state index contributed by atoms with van der Waals surface area (Å²) in [6, 6.07) is 0. The summed E-state index contributed by atoms with van der Waals surface area (Å²) >= 11 is 0. The van der Waals surface area contributed by atoms with E-state index in [1.165, 1.54) is 26.7 Å². The van der Waals surface area contributed by atoms with Crippen molar-refractivity contribution < 1.29 is 78.7 Å². The smallest absolute Gasteiger partial charge is 0.187 e. The predicted octanol–water partition coefficient (Wildman–Crippen LogP) is 1.32. The molecule has 0 unspecified atom stereocenters. The number of hydrogen-bond donors (Lipinski definition) is 8. The van der Waals surface area contributed by atoms with Crippen molar-refractivity contribution in [3.05, 3.63) is 0 Å². The van der Waals surface area contributed by atoms with Crippen molar-refractivity contribution in [2.75, 3.05) is 13.2 Å². The fourth-order valence-electron chi connectivity index (χ4n) is 14.6. The van der Waals surface area contributed by atoms with Gasteiger partial charge in [0.1, 0.15) is 61.0 Å². The molecule has 0 aromatic rings. The van der Waals surface area contributed by atoms with E-state index >= 15 is 0 Å². The molecular weight excluding hydrogens is 796 g/mol. The van der Waals surface area contributed by atoms with E-state index in [-0.39, 0.29) is 23.0 Å². The number of fused-ring (bicyclic) bond motifs is 7. The zero-order valence-corrected chi connectivity index (χ0v) is 36.7. The minimum absolute atomic E-state index is 0.122. The molecule has 4 saturated carbocycles. The van der Waals surface area contributed by atoms with E-state index in [2.05, 4.69) is 27.7 Å². The van der Waals surface area contributed by atoms with Crippen molar-refractivity contribution in [3.63, 3.8) is 0 Å². The van der Waals surface area contributed by atoms with Gasteiger partial charge in [0.25, 0.3) is 0 Å². The second-order valence-corrected chi connectivity index (χ2v) is 21.5. The summed E-state index contributed by atoms with van der Waals surface area (Å²) in [5, 5.41) is 85.9. The maximum atomic E-state index is 12.0. The standard InChI is InChI=1S/C45H74O16/c1-19-9-14-45(54-18-19)20(2)30-28(61-45)16-27-25-8-7-23-15-24(10-12-43(23,5)26(25)11-13-44(27,30)6)57-42-39(60-41-36(52)34(50)32(48)22(4)56-41)37(53)38(29(17-46)58-42)59-40-35(51)33(49)31(47)21(3)55-40/h19-42,46-53H,7-18H2,1-6H3/t19-,20+,21-,22-,23+,24+,25-,26-,27+,28+,29+,30+,31+,32-,33-,34+,35+,36+,37-,38+,39+,40+,41+,42+,43-,44-,45-/m1/s1. The van der Waals surface area contributed by atoms with Gasteiger partial charge in [0.15, 0.2) is 24.7 Å². The minimum Gasteiger partial charge on any atom is -0.394 e. The SMILES string of the molecule is C[C@@H]1CC[C@@]2(OC1)O[C@H]1C[C@H]3[C@@H]4CC[C@H]5C[C@@H](O[C@H]6O[C@@H](CO)[C@H](O[C@@H]7O[C@H](C)[C@H](O)[C@@H](O)[C@@H]7O)[C@@H](O)[C@@H]6O[C@@H]6O[C@H](C)[C@@H](O)[C@H](O)[C@@H]6O)CC[C@@]5(C)[C@@H]4CC[C@@]3(C)[C@H]1[C@@H]2C. The first-order valence-corrected chi connectivity index (χ1v) is 23.5. The van der Waals surface area contributed by atoms with Gasteiger partial charge in [-0.15, -0.1) is 0 Å². The van der Waals surface area contributed by atoms with Crippen molar-refractivity contribution in [1.82, 2.24) is 0 Å². The molecule has 0 amide bonds. The van der Waals surface area contributed by atoms with Crippen LogP contribution in [-0.4, -0.2) is 164 Å². The Morgan fingerprint density at radius 2 is 1.23 bits per heavy atom. The number of rotatable bonds is 7. The molecule has 5 heterocycles. The number of aliphatic hydroxyl groups excluding tert-OH is 8. The fourth-order valence-corrected chi connectivity index (χ4v) is 14.6. The van der Waals surface area contributed by atoms with Crippen molar-refractivity contribution in [3.8, 4) is 0 Å².